The molecule has 0 aliphatic carbocycles. The minimum atomic E-state index is -0.00553. The lowest BCUT2D eigenvalue weighted by Crippen LogP contribution is -2.02. The highest BCUT2D eigenvalue weighted by molar-refractivity contribution is 7.80. The quantitative estimate of drug-likeness (QED) is 0.655. The average molecular weight is 173 g/mol. The van der Waals surface area contributed by atoms with Crippen LogP contribution in [-0.2, 0) is 6.42 Å². The van der Waals surface area contributed by atoms with Crippen LogP contribution in [-0.4, -0.2) is 16.7 Å². The van der Waals surface area contributed by atoms with E-state index in [1.165, 1.54) is 0 Å². The van der Waals surface area contributed by atoms with Crippen molar-refractivity contribution >= 4 is 12.6 Å². The monoisotopic (exact) mass is 173 g/mol. The summed E-state index contributed by atoms with van der Waals surface area (Å²) < 4.78 is 5.21. The van der Waals surface area contributed by atoms with Crippen LogP contribution in [0.15, 0.2) is 4.42 Å². The van der Waals surface area contributed by atoms with Crippen molar-refractivity contribution in [2.45, 2.75) is 18.6 Å². The van der Waals surface area contributed by atoms with Crippen molar-refractivity contribution in [2.75, 3.05) is 6.54 Å². The lowest BCUT2D eigenvalue weighted by molar-refractivity contribution is 0.453. The Kier molecular flexibility index (Phi) is 2.90. The first-order chi connectivity index (χ1) is 5.24. The van der Waals surface area contributed by atoms with E-state index < -0.39 is 0 Å². The number of aromatic nitrogens is 2. The molecule has 1 atom stereocenters. The highest BCUT2D eigenvalue weighted by Gasteiger charge is 2.08. The van der Waals surface area contributed by atoms with E-state index in [-0.39, 0.29) is 5.25 Å². The van der Waals surface area contributed by atoms with Gasteiger partial charge in [-0.3, -0.25) is 0 Å². The van der Waals surface area contributed by atoms with Gasteiger partial charge in [-0.05, 0) is 6.92 Å². The summed E-state index contributed by atoms with van der Waals surface area (Å²) in [6.07, 6.45) is 0.632. The molecule has 0 radical (unpaired) electrons. The molecule has 0 fully saturated rings. The molecule has 0 bridgehead atoms. The van der Waals surface area contributed by atoms with Crippen molar-refractivity contribution in [2.24, 2.45) is 5.73 Å². The van der Waals surface area contributed by atoms with Gasteiger partial charge in [-0.1, -0.05) is 0 Å². The molecule has 0 spiro atoms. The Bertz CT molecular complexity index is 223. The molecule has 0 aliphatic heterocycles. The molecule has 0 saturated heterocycles. The minimum Gasteiger partial charge on any atom is -0.424 e. The van der Waals surface area contributed by atoms with Crippen molar-refractivity contribution in [3.05, 3.63) is 11.8 Å². The van der Waals surface area contributed by atoms with Crippen molar-refractivity contribution in [3.8, 4) is 0 Å². The highest BCUT2D eigenvalue weighted by atomic mass is 32.1. The van der Waals surface area contributed by atoms with Gasteiger partial charge in [0.15, 0.2) is 0 Å². The van der Waals surface area contributed by atoms with Gasteiger partial charge in [-0.15, -0.1) is 10.2 Å². The third-order valence-corrected chi connectivity index (χ3v) is 1.42. The first-order valence-electron chi connectivity index (χ1n) is 3.44. The van der Waals surface area contributed by atoms with E-state index in [1.807, 2.05) is 6.92 Å². The Balaban J connectivity index is 2.66. The van der Waals surface area contributed by atoms with Gasteiger partial charge in [-0.25, -0.2) is 0 Å². The number of hydrogen-bond acceptors (Lipinski definition) is 5. The molecule has 62 valence electrons. The Morgan fingerprint density at radius 3 is 2.82 bits per heavy atom. The molecule has 5 heteroatoms. The van der Waals surface area contributed by atoms with Gasteiger partial charge in [0, 0.05) is 13.0 Å². The molecule has 2 N–H and O–H groups in total. The van der Waals surface area contributed by atoms with E-state index in [4.69, 9.17) is 10.2 Å². The molecule has 0 aromatic carbocycles. The molecule has 4 nitrogen and oxygen atoms in total. The second kappa shape index (κ2) is 3.73. The van der Waals surface area contributed by atoms with Gasteiger partial charge < -0.3 is 10.2 Å². The summed E-state index contributed by atoms with van der Waals surface area (Å²) >= 11 is 4.14. The average Bonchev–Trinajstić information content (AvgIpc) is 2.37. The molecule has 1 heterocycles. The van der Waals surface area contributed by atoms with Crippen LogP contribution >= 0.6 is 12.6 Å². The maximum absolute atomic E-state index is 5.30. The molecule has 0 saturated carbocycles. The van der Waals surface area contributed by atoms with Crippen LogP contribution in [0.3, 0.4) is 0 Å². The number of nitrogens with zero attached hydrogens (tertiary/aromatic N) is 2. The third-order valence-electron chi connectivity index (χ3n) is 1.20. The molecule has 1 aromatic rings. The molecule has 1 unspecified atom stereocenters. The van der Waals surface area contributed by atoms with Gasteiger partial charge in [0.05, 0.1) is 5.25 Å². The normalized spacial score (nSPS) is 13.4. The molecular formula is C6H11N3OS. The van der Waals surface area contributed by atoms with E-state index in [2.05, 4.69) is 22.8 Å². The summed E-state index contributed by atoms with van der Waals surface area (Å²) in [5.41, 5.74) is 5.30. The van der Waals surface area contributed by atoms with Crippen LogP contribution < -0.4 is 5.73 Å². The van der Waals surface area contributed by atoms with Crippen LogP contribution in [0.5, 0.6) is 0 Å². The Morgan fingerprint density at radius 1 is 1.64 bits per heavy atom. The van der Waals surface area contributed by atoms with Crippen molar-refractivity contribution < 1.29 is 4.42 Å². The maximum atomic E-state index is 5.30. The molecular weight excluding hydrogens is 162 g/mol. The Morgan fingerprint density at radius 2 is 2.36 bits per heavy atom. The largest absolute Gasteiger partial charge is 0.424 e. The summed E-state index contributed by atoms with van der Waals surface area (Å²) in [4.78, 5) is 0. The van der Waals surface area contributed by atoms with Gasteiger partial charge >= 0.3 is 0 Å². The fraction of sp³-hybridized carbons (Fsp3) is 0.667. The molecule has 0 aliphatic rings. The summed E-state index contributed by atoms with van der Waals surface area (Å²) in [5.74, 6) is 1.14. The zero-order valence-corrected chi connectivity index (χ0v) is 7.21. The van der Waals surface area contributed by atoms with Crippen LogP contribution in [0.2, 0.25) is 0 Å². The molecule has 11 heavy (non-hydrogen) atoms. The number of nitrogens with two attached hydrogens (primary N) is 1. The van der Waals surface area contributed by atoms with Gasteiger partial charge in [-0.2, -0.15) is 12.6 Å². The van der Waals surface area contributed by atoms with E-state index in [0.717, 1.165) is 0 Å². The van der Waals surface area contributed by atoms with Crippen LogP contribution in [0, 0.1) is 0 Å². The summed E-state index contributed by atoms with van der Waals surface area (Å²) in [7, 11) is 0. The number of rotatable bonds is 3. The van der Waals surface area contributed by atoms with E-state index in [1.54, 1.807) is 0 Å². The number of thiol groups is 1. The molecule has 1 rings (SSSR count). The fourth-order valence-electron chi connectivity index (χ4n) is 0.660. The molecule has 0 amide bonds. The van der Waals surface area contributed by atoms with Gasteiger partial charge in [0.25, 0.3) is 0 Å². The third kappa shape index (κ3) is 2.20. The van der Waals surface area contributed by atoms with Gasteiger partial charge in [0.1, 0.15) is 0 Å². The fourth-order valence-corrected chi connectivity index (χ4v) is 0.764. The lowest BCUT2D eigenvalue weighted by atomic mass is 10.4. The van der Waals surface area contributed by atoms with Crippen molar-refractivity contribution in [1.82, 2.24) is 10.2 Å². The van der Waals surface area contributed by atoms with Crippen LogP contribution in [0.25, 0.3) is 0 Å². The standard InChI is InChI=1S/C6H11N3OS/c1-4(11)6-9-8-5(10-6)2-3-7/h4,11H,2-3,7H2,1H3. The summed E-state index contributed by atoms with van der Waals surface area (Å²) in [5, 5.41) is 7.56. The van der Waals surface area contributed by atoms with Crippen molar-refractivity contribution in [1.29, 1.82) is 0 Å². The van der Waals surface area contributed by atoms with Crippen LogP contribution in [0.1, 0.15) is 24.0 Å². The zero-order valence-electron chi connectivity index (χ0n) is 6.32. The summed E-state index contributed by atoms with van der Waals surface area (Å²) in [6, 6.07) is 0. The van der Waals surface area contributed by atoms with E-state index in [9.17, 15) is 0 Å². The predicted molar refractivity (Wildman–Crippen MR) is 44.5 cm³/mol. The Hall–Kier alpha value is -0.550. The van der Waals surface area contributed by atoms with Crippen LogP contribution in [0.4, 0.5) is 0 Å². The smallest absolute Gasteiger partial charge is 0.228 e. The number of hydrogen-bond donors (Lipinski definition) is 2. The van der Waals surface area contributed by atoms with E-state index >= 15 is 0 Å². The maximum Gasteiger partial charge on any atom is 0.228 e. The molecule has 1 aromatic heterocycles. The SMILES string of the molecule is CC(S)c1nnc(CCN)o1. The first kappa shape index (κ1) is 8.55. The summed E-state index contributed by atoms with van der Waals surface area (Å²) in [6.45, 7) is 2.41. The topological polar surface area (TPSA) is 64.9 Å². The Labute approximate surface area is 70.6 Å². The second-order valence-corrected chi connectivity index (χ2v) is 3.02. The second-order valence-electron chi connectivity index (χ2n) is 2.25. The lowest BCUT2D eigenvalue weighted by Gasteiger charge is -1.92. The highest BCUT2D eigenvalue weighted by Crippen LogP contribution is 2.16. The predicted octanol–water partition coefficient (Wildman–Crippen LogP) is 0.562. The van der Waals surface area contributed by atoms with Crippen molar-refractivity contribution in [3.63, 3.8) is 0 Å². The minimum absolute atomic E-state index is 0.00553. The zero-order chi connectivity index (χ0) is 8.27. The van der Waals surface area contributed by atoms with Gasteiger partial charge in [0.2, 0.25) is 11.8 Å². The van der Waals surface area contributed by atoms with E-state index in [0.29, 0.717) is 24.7 Å². The first-order valence-corrected chi connectivity index (χ1v) is 3.96.